The number of primary amides is 2. The normalized spacial score (nSPS) is 15.0. The van der Waals surface area contributed by atoms with Gasteiger partial charge in [-0.05, 0) is 123 Å². The fraction of sp³-hybridized carbons (Fsp3) is 0.524. The highest BCUT2D eigenvalue weighted by Crippen LogP contribution is 2.30. The van der Waals surface area contributed by atoms with Crippen LogP contribution in [0.4, 0.5) is 9.59 Å². The van der Waals surface area contributed by atoms with Crippen molar-refractivity contribution >= 4 is 146 Å². The number of nitrogens with two attached hydrogens (primary N) is 3. The fourth-order valence-corrected chi connectivity index (χ4v) is 9.96. The summed E-state index contributed by atoms with van der Waals surface area (Å²) in [6.45, 7) is 11.0. The number of esters is 2. The number of hydrogen-bond donors (Lipinski definition) is 8. The Morgan fingerprint density at radius 1 is 0.547 bits per heavy atom. The van der Waals surface area contributed by atoms with Gasteiger partial charge in [0.25, 0.3) is 23.6 Å². The van der Waals surface area contributed by atoms with Crippen molar-refractivity contribution in [2.45, 2.75) is 143 Å². The second-order valence-electron chi connectivity index (χ2n) is 22.0. The first kappa shape index (κ1) is 80.3. The van der Waals surface area contributed by atoms with Crippen LogP contribution >= 0.6 is 63.7 Å². The molecular weight excluding hydrogens is 1510 g/mol. The Kier molecular flexibility index (Phi) is 37.7. The lowest BCUT2D eigenvalue weighted by molar-refractivity contribution is -0.145. The maximum absolute atomic E-state index is 13.4. The lowest BCUT2D eigenvalue weighted by Gasteiger charge is -2.24. The van der Waals surface area contributed by atoms with Gasteiger partial charge in [0, 0.05) is 60.2 Å². The Balaban J connectivity index is 0.000000557. The predicted molar refractivity (Wildman–Crippen MR) is 360 cm³/mol. The molecule has 2 aromatic carbocycles. The third-order valence-electron chi connectivity index (χ3n) is 14.0. The number of rotatable bonds is 40. The number of carbonyl (C=O) groups excluding carboxylic acids is 13. The Morgan fingerprint density at radius 2 is 0.905 bits per heavy atom. The van der Waals surface area contributed by atoms with Crippen LogP contribution in [0.3, 0.4) is 0 Å². The van der Waals surface area contributed by atoms with E-state index >= 15 is 0 Å². The Hall–Kier alpha value is -7.10. The molecule has 0 aliphatic carbocycles. The minimum atomic E-state index is -0.989. The number of amides is 10. The van der Waals surface area contributed by atoms with Crippen LogP contribution in [0, 0.1) is 17.8 Å². The summed E-state index contributed by atoms with van der Waals surface area (Å²) in [7, 11) is 0. The molecule has 95 heavy (non-hydrogen) atoms. The van der Waals surface area contributed by atoms with Gasteiger partial charge in [0.15, 0.2) is 11.6 Å². The minimum Gasteiger partial charge on any atom is -0.481 e. The molecule has 0 fully saturated rings. The molecule has 524 valence electrons. The van der Waals surface area contributed by atoms with Gasteiger partial charge in [-0.25, -0.2) is 9.59 Å². The lowest BCUT2D eigenvalue weighted by Crippen LogP contribution is -2.50. The maximum Gasteiger partial charge on any atom is 0.312 e. The molecule has 2 heterocycles. The van der Waals surface area contributed by atoms with Crippen LogP contribution in [0.5, 0.6) is 0 Å². The summed E-state index contributed by atoms with van der Waals surface area (Å²) >= 11 is 12.1. The van der Waals surface area contributed by atoms with Gasteiger partial charge in [-0.1, -0.05) is 90.1 Å². The highest BCUT2D eigenvalue weighted by Gasteiger charge is 2.37. The van der Waals surface area contributed by atoms with E-state index < -0.39 is 102 Å². The van der Waals surface area contributed by atoms with Crippen LogP contribution in [-0.2, 0) is 103 Å². The third kappa shape index (κ3) is 31.6. The number of hydrogen-bond acceptors (Lipinski definition) is 19. The zero-order chi connectivity index (χ0) is 73.2. The largest absolute Gasteiger partial charge is 0.481 e. The van der Waals surface area contributed by atoms with Gasteiger partial charge in [-0.2, -0.15) is 0 Å². The molecule has 4 rings (SSSR count). The van der Waals surface area contributed by atoms with Crippen LogP contribution in [-0.4, -0.2) is 168 Å². The van der Waals surface area contributed by atoms with Crippen molar-refractivity contribution in [1.29, 1.82) is 0 Å². The summed E-state index contributed by atoms with van der Waals surface area (Å²) in [6.07, 6.45) is -0.637. The Morgan fingerprint density at radius 3 is 1.24 bits per heavy atom. The highest BCUT2D eigenvalue weighted by atomic mass is 79.9. The van der Waals surface area contributed by atoms with Gasteiger partial charge < -0.3 is 62.5 Å². The number of ketones is 3. The number of carboxylic acid groups (broad SMARTS) is 1. The number of carbonyl (C=O) groups is 14. The molecule has 10 amide bonds. The van der Waals surface area contributed by atoms with Crippen molar-refractivity contribution in [2.75, 3.05) is 52.6 Å². The van der Waals surface area contributed by atoms with E-state index in [0.717, 1.165) is 20.9 Å². The van der Waals surface area contributed by atoms with E-state index in [0.29, 0.717) is 30.4 Å². The summed E-state index contributed by atoms with van der Waals surface area (Å²) in [4.78, 5) is 169. The number of Topliss-reactive ketones (excluding diaryl/α,β-unsaturated/α-hetero) is 3. The van der Waals surface area contributed by atoms with Crippen molar-refractivity contribution in [1.82, 2.24) is 31.1 Å². The molecule has 6 atom stereocenters. The van der Waals surface area contributed by atoms with E-state index in [4.69, 9.17) is 44.0 Å². The van der Waals surface area contributed by atoms with E-state index in [2.05, 4.69) is 85.0 Å². The molecule has 2 aliphatic heterocycles. The summed E-state index contributed by atoms with van der Waals surface area (Å²) < 4.78 is 35.9. The number of imide groups is 2. The molecule has 0 spiro atoms. The monoisotopic (exact) mass is 1590 g/mol. The molecule has 0 aromatic heterocycles. The number of nitrogens with one attached hydrogen (secondary N) is 4. The first-order valence-electron chi connectivity index (χ1n) is 31.3. The number of benzene rings is 2. The maximum atomic E-state index is 13.4. The Bertz CT molecular complexity index is 3130. The number of halogens is 4. The highest BCUT2D eigenvalue weighted by molar-refractivity contribution is 9.15. The van der Waals surface area contributed by atoms with Crippen molar-refractivity contribution in [3.05, 3.63) is 88.7 Å². The van der Waals surface area contributed by atoms with Gasteiger partial charge in [-0.3, -0.25) is 67.3 Å². The number of urea groups is 2. The van der Waals surface area contributed by atoms with Crippen molar-refractivity contribution < 1.29 is 93.9 Å². The average Bonchev–Trinajstić information content (AvgIpc) is 1.67. The van der Waals surface area contributed by atoms with Gasteiger partial charge in [0.05, 0.1) is 64.1 Å². The van der Waals surface area contributed by atoms with Crippen LogP contribution in [0.15, 0.2) is 66.5 Å². The van der Waals surface area contributed by atoms with Crippen molar-refractivity contribution in [2.24, 2.45) is 35.0 Å². The molecule has 11 N–H and O–H groups in total. The minimum absolute atomic E-state index is 0.000772. The van der Waals surface area contributed by atoms with E-state index in [9.17, 15) is 67.1 Å². The number of aliphatic carboxylic acids is 1. The van der Waals surface area contributed by atoms with Crippen LogP contribution in [0.25, 0.3) is 0 Å². The first-order chi connectivity index (χ1) is 45.6. The number of nitrogens with zero attached hydrogens (tertiary/aromatic N) is 2. The van der Waals surface area contributed by atoms with Gasteiger partial charge in [0.2, 0.25) is 11.8 Å². The molecule has 0 saturated carbocycles. The quantitative estimate of drug-likeness (QED) is 0.0241. The second kappa shape index (κ2) is 44.6. The molecule has 0 radical (unpaired) electrons. The zero-order valence-electron chi connectivity index (χ0n) is 55.6. The molecule has 0 saturated heterocycles. The standard InChI is InChI=1S/C32H42Br2N4O9.C22H34N4O5.C9H9Br2NO5/c1-4-26(41)47-18-21-9-7-20(8-10-21)16-25(40)24(6-5-12-36-32(35)45)37-29(42)23(19(2)3)17-22(39)11-14-46-15-13-38-30(43)27(33)28(34)31(38)44;1-4-19(28)31-13-16-9-7-15(8-10-16)12-18(27)17(6-5-11-25-22(24)30)26-21(29)20(23)14(2)3;10-6-7(11)9(16)12(8(6)15)2-4-17-3-1-5(13)14/h7-10,19,23-24H,4-6,11-18H2,1-3H3,(H,37,42)(H3,35,36,45);7-10,14,17,20H,4-6,11-13,23H2,1-3H3,(H,26,29)(H3,24,25,30);1-4H2,(H,13,14)/t23-,24-;17-,20-;/m00./s1/i2*4T;/t4?,23-,24-;4?,17-,20-;. The SMILES string of the molecule is O=C(O)CCOCCN1C(=O)C(Br)=C(Br)C1=O.[3H]C(C)C(=O)OCc1ccc(CC(=O)[C@H](CCCNC(N)=O)NC(=O)[C@@H](CC(=O)CCOCCN2C(=O)C(Br)=C(Br)C2=O)C(C)C)cc1.[3H]C(C)C(=O)OCc1ccc(CC(=O)[C@H](CCCNC(N)=O)NC(=O)[C@@H](N)C(C)C)cc1. The molecule has 32 heteroatoms. The lowest BCUT2D eigenvalue weighted by atomic mass is 9.88. The zero-order valence-corrected chi connectivity index (χ0v) is 60.0. The summed E-state index contributed by atoms with van der Waals surface area (Å²) in [5.41, 5.74) is 18.9. The van der Waals surface area contributed by atoms with E-state index in [1.165, 1.54) is 13.8 Å². The van der Waals surface area contributed by atoms with Gasteiger partial charge in [-0.15, -0.1) is 0 Å². The average molecular weight is 1600 g/mol. The van der Waals surface area contributed by atoms with Gasteiger partial charge in [0.1, 0.15) is 36.9 Å². The van der Waals surface area contributed by atoms with Crippen LogP contribution < -0.4 is 38.5 Å². The predicted octanol–water partition coefficient (Wildman–Crippen LogP) is 5.21. The summed E-state index contributed by atoms with van der Waals surface area (Å²) in [6, 6.07) is 10.1. The summed E-state index contributed by atoms with van der Waals surface area (Å²) in [5, 5.41) is 18.8. The van der Waals surface area contributed by atoms with E-state index in [1.807, 2.05) is 13.8 Å². The number of carboxylic acids is 1. The van der Waals surface area contributed by atoms with Gasteiger partial charge >= 0.3 is 30.0 Å². The van der Waals surface area contributed by atoms with Crippen molar-refractivity contribution in [3.63, 3.8) is 0 Å². The van der Waals surface area contributed by atoms with Crippen LogP contribution in [0.1, 0.15) is 124 Å². The van der Waals surface area contributed by atoms with Crippen molar-refractivity contribution in [3.8, 4) is 0 Å². The molecule has 0 bridgehead atoms. The molecule has 28 nitrogen and oxygen atoms in total. The van der Waals surface area contributed by atoms with Crippen LogP contribution in [0.2, 0.25) is 0 Å². The smallest absolute Gasteiger partial charge is 0.312 e. The fourth-order valence-electron chi connectivity index (χ4n) is 8.42. The molecule has 2 unspecified atom stereocenters. The second-order valence-corrected chi connectivity index (χ2v) is 25.1. The topological polar surface area (TPSA) is 429 Å². The molecule has 2 aromatic rings. The summed E-state index contributed by atoms with van der Waals surface area (Å²) in [5.74, 6) is -6.56. The molecular formula is C63H85Br4N9O19. The third-order valence-corrected chi connectivity index (χ3v) is 18.0. The number of ether oxygens (including phenoxy) is 4. The molecule has 2 aliphatic rings. The van der Waals surface area contributed by atoms with E-state index in [-0.39, 0.29) is 151 Å². The van der Waals surface area contributed by atoms with E-state index in [1.54, 1.807) is 62.4 Å². The first-order valence-corrected chi connectivity index (χ1v) is 33.3. The Labute approximate surface area is 587 Å².